The lowest BCUT2D eigenvalue weighted by Crippen LogP contribution is -2.08. The number of hydroxylamine groups is 1. The first kappa shape index (κ1) is 9.84. The predicted octanol–water partition coefficient (Wildman–Crippen LogP) is 3.04. The molecule has 0 fully saturated rings. The average Bonchev–Trinajstić information content (AvgIpc) is 2.67. The third-order valence-electron chi connectivity index (χ3n) is 2.03. The van der Waals surface area contributed by atoms with Gasteiger partial charge in [-0.3, -0.25) is 10.3 Å². The van der Waals surface area contributed by atoms with Gasteiger partial charge in [0.25, 0.3) is 0 Å². The van der Waals surface area contributed by atoms with Crippen LogP contribution >= 0.6 is 23.2 Å². The summed E-state index contributed by atoms with van der Waals surface area (Å²) in [5.74, 6) is 0.418. The van der Waals surface area contributed by atoms with E-state index in [2.05, 4.69) is 5.48 Å². The van der Waals surface area contributed by atoms with Gasteiger partial charge in [0.1, 0.15) is 6.10 Å². The highest BCUT2D eigenvalue weighted by molar-refractivity contribution is 6.31. The smallest absolute Gasteiger partial charge is 0.132 e. The van der Waals surface area contributed by atoms with Crippen molar-refractivity contribution in [2.75, 3.05) is 5.88 Å². The molecule has 1 aromatic carbocycles. The summed E-state index contributed by atoms with van der Waals surface area (Å²) in [5, 5.41) is 0.700. The standard InChI is InChI=1S/C10H9Cl2NO/c11-6-7-5-10(14-13-7)8-3-1-2-4-9(8)12/h1-5,10,13H,6H2. The Morgan fingerprint density at radius 3 is 2.79 bits per heavy atom. The van der Waals surface area contributed by atoms with Gasteiger partial charge in [0.2, 0.25) is 0 Å². The molecule has 0 aliphatic carbocycles. The van der Waals surface area contributed by atoms with Crippen molar-refractivity contribution in [1.29, 1.82) is 0 Å². The van der Waals surface area contributed by atoms with Crippen molar-refractivity contribution in [1.82, 2.24) is 5.48 Å². The maximum atomic E-state index is 6.03. The van der Waals surface area contributed by atoms with Crippen LogP contribution in [0, 0.1) is 0 Å². The van der Waals surface area contributed by atoms with Crippen LogP contribution in [0.25, 0.3) is 0 Å². The van der Waals surface area contributed by atoms with Crippen LogP contribution in [0.3, 0.4) is 0 Å². The second-order valence-electron chi connectivity index (χ2n) is 2.99. The Morgan fingerprint density at radius 2 is 2.14 bits per heavy atom. The number of nitrogens with one attached hydrogen (secondary N) is 1. The van der Waals surface area contributed by atoms with Gasteiger partial charge in [0.05, 0.1) is 11.6 Å². The Balaban J connectivity index is 2.25. The summed E-state index contributed by atoms with van der Waals surface area (Å²) in [5.41, 5.74) is 4.57. The lowest BCUT2D eigenvalue weighted by Gasteiger charge is -2.08. The van der Waals surface area contributed by atoms with Crippen LogP contribution in [-0.2, 0) is 4.84 Å². The normalized spacial score (nSPS) is 20.4. The highest BCUT2D eigenvalue weighted by atomic mass is 35.5. The Labute approximate surface area is 92.4 Å². The number of rotatable bonds is 2. The fraction of sp³-hybridized carbons (Fsp3) is 0.200. The Hall–Kier alpha value is -0.700. The van der Waals surface area contributed by atoms with Gasteiger partial charge >= 0.3 is 0 Å². The van der Waals surface area contributed by atoms with Gasteiger partial charge in [-0.05, 0) is 12.1 Å². The summed E-state index contributed by atoms with van der Waals surface area (Å²) in [6.07, 6.45) is 1.78. The Morgan fingerprint density at radius 1 is 1.36 bits per heavy atom. The zero-order valence-corrected chi connectivity index (χ0v) is 8.85. The van der Waals surface area contributed by atoms with Crippen LogP contribution in [0.2, 0.25) is 5.02 Å². The monoisotopic (exact) mass is 229 g/mol. The average molecular weight is 230 g/mol. The van der Waals surface area contributed by atoms with E-state index in [1.807, 2.05) is 30.3 Å². The van der Waals surface area contributed by atoms with Crippen molar-refractivity contribution in [3.05, 3.63) is 46.6 Å². The van der Waals surface area contributed by atoms with E-state index in [4.69, 9.17) is 28.0 Å². The first-order valence-electron chi connectivity index (χ1n) is 4.24. The van der Waals surface area contributed by atoms with Crippen molar-refractivity contribution >= 4 is 23.2 Å². The lowest BCUT2D eigenvalue weighted by atomic mass is 10.1. The maximum absolute atomic E-state index is 6.03. The highest BCUT2D eigenvalue weighted by Gasteiger charge is 2.19. The van der Waals surface area contributed by atoms with Crippen molar-refractivity contribution in [2.24, 2.45) is 0 Å². The van der Waals surface area contributed by atoms with Gasteiger partial charge in [-0.1, -0.05) is 29.8 Å². The first-order chi connectivity index (χ1) is 6.81. The zero-order valence-electron chi connectivity index (χ0n) is 7.34. The SMILES string of the molecule is ClCC1=CC(c2ccccc2Cl)ON1. The first-order valence-corrected chi connectivity index (χ1v) is 5.15. The minimum Gasteiger partial charge on any atom is -0.269 e. The molecule has 14 heavy (non-hydrogen) atoms. The van der Waals surface area contributed by atoms with E-state index in [1.54, 1.807) is 0 Å². The molecule has 0 saturated carbocycles. The summed E-state index contributed by atoms with van der Waals surface area (Å²) in [7, 11) is 0. The van der Waals surface area contributed by atoms with Crippen molar-refractivity contribution in [3.8, 4) is 0 Å². The molecule has 2 nitrogen and oxygen atoms in total. The maximum Gasteiger partial charge on any atom is 0.132 e. The lowest BCUT2D eigenvalue weighted by molar-refractivity contribution is 0.0424. The van der Waals surface area contributed by atoms with Crippen molar-refractivity contribution < 1.29 is 4.84 Å². The molecule has 0 aromatic heterocycles. The van der Waals surface area contributed by atoms with Crippen LogP contribution in [-0.4, -0.2) is 5.88 Å². The minimum atomic E-state index is -0.141. The Bertz CT molecular complexity index is 365. The molecule has 0 saturated heterocycles. The quantitative estimate of drug-likeness (QED) is 0.788. The van der Waals surface area contributed by atoms with Gasteiger partial charge < -0.3 is 0 Å². The van der Waals surface area contributed by atoms with E-state index in [9.17, 15) is 0 Å². The largest absolute Gasteiger partial charge is 0.269 e. The van der Waals surface area contributed by atoms with Gasteiger partial charge in [0.15, 0.2) is 0 Å². The van der Waals surface area contributed by atoms with E-state index >= 15 is 0 Å². The van der Waals surface area contributed by atoms with Crippen molar-refractivity contribution in [2.45, 2.75) is 6.10 Å². The minimum absolute atomic E-state index is 0.141. The summed E-state index contributed by atoms with van der Waals surface area (Å²) in [6.45, 7) is 0. The molecule has 4 heteroatoms. The van der Waals surface area contributed by atoms with Crippen LogP contribution in [0.5, 0.6) is 0 Å². The molecule has 74 valence electrons. The van der Waals surface area contributed by atoms with E-state index < -0.39 is 0 Å². The zero-order chi connectivity index (χ0) is 9.97. The molecule has 1 heterocycles. The molecule has 1 N–H and O–H groups in total. The third-order valence-corrected chi connectivity index (χ3v) is 2.66. The predicted molar refractivity (Wildman–Crippen MR) is 57.2 cm³/mol. The fourth-order valence-corrected chi connectivity index (χ4v) is 1.71. The van der Waals surface area contributed by atoms with Crippen LogP contribution < -0.4 is 5.48 Å². The van der Waals surface area contributed by atoms with Gasteiger partial charge in [-0.2, -0.15) is 0 Å². The third kappa shape index (κ3) is 1.87. The molecule has 1 aliphatic rings. The van der Waals surface area contributed by atoms with Crippen LogP contribution in [0.1, 0.15) is 11.7 Å². The van der Waals surface area contributed by atoms with E-state index in [0.29, 0.717) is 10.9 Å². The topological polar surface area (TPSA) is 21.3 Å². The number of alkyl halides is 1. The summed E-state index contributed by atoms with van der Waals surface area (Å²) >= 11 is 11.7. The Kier molecular flexibility index (Phi) is 2.96. The molecule has 0 amide bonds. The second-order valence-corrected chi connectivity index (χ2v) is 3.66. The molecular weight excluding hydrogens is 221 g/mol. The van der Waals surface area contributed by atoms with E-state index in [0.717, 1.165) is 11.3 Å². The summed E-state index contributed by atoms with van der Waals surface area (Å²) in [6, 6.07) is 7.59. The van der Waals surface area contributed by atoms with Crippen LogP contribution in [0.15, 0.2) is 36.0 Å². The van der Waals surface area contributed by atoms with Crippen LogP contribution in [0.4, 0.5) is 0 Å². The molecule has 1 atom stereocenters. The second kappa shape index (κ2) is 4.22. The molecule has 0 radical (unpaired) electrons. The number of benzene rings is 1. The van der Waals surface area contributed by atoms with Gasteiger partial charge in [-0.25, -0.2) is 0 Å². The number of hydrogen-bond donors (Lipinski definition) is 1. The number of hydrogen-bond acceptors (Lipinski definition) is 2. The van der Waals surface area contributed by atoms with Gasteiger partial charge in [0, 0.05) is 10.6 Å². The number of halogens is 2. The molecule has 1 aromatic rings. The fourth-order valence-electron chi connectivity index (χ4n) is 1.32. The van der Waals surface area contributed by atoms with Crippen molar-refractivity contribution in [3.63, 3.8) is 0 Å². The summed E-state index contributed by atoms with van der Waals surface area (Å²) < 4.78 is 0. The molecule has 2 rings (SSSR count). The molecule has 1 aliphatic heterocycles. The molecular formula is C10H9Cl2NO. The summed E-state index contributed by atoms with van der Waals surface area (Å²) in [4.78, 5) is 5.31. The molecule has 0 bridgehead atoms. The van der Waals surface area contributed by atoms with E-state index in [1.165, 1.54) is 0 Å². The van der Waals surface area contributed by atoms with E-state index in [-0.39, 0.29) is 6.10 Å². The highest BCUT2D eigenvalue weighted by Crippen LogP contribution is 2.29. The molecule has 1 unspecified atom stereocenters. The molecule has 0 spiro atoms. The number of allylic oxidation sites excluding steroid dienone is 1. The van der Waals surface area contributed by atoms with Gasteiger partial charge in [-0.15, -0.1) is 11.6 Å².